The van der Waals surface area contributed by atoms with E-state index in [0.29, 0.717) is 12.1 Å². The molecule has 0 aliphatic heterocycles. The van der Waals surface area contributed by atoms with Crippen LogP contribution in [-0.2, 0) is 6.54 Å². The lowest BCUT2D eigenvalue weighted by Gasteiger charge is -2.05. The highest BCUT2D eigenvalue weighted by Gasteiger charge is 2.09. The standard InChI is InChI=1S/C12H13N3O2S/c1-8-5-10(3-4-12(8)15(16)17)13-6-11-7-18-9(2)14-11/h3-5,7,13H,6H2,1-2H3. The lowest BCUT2D eigenvalue weighted by Crippen LogP contribution is -2.01. The van der Waals surface area contributed by atoms with Gasteiger partial charge in [-0.3, -0.25) is 10.1 Å². The van der Waals surface area contributed by atoms with Crippen LogP contribution in [0.2, 0.25) is 0 Å². The number of hydrogen-bond donors (Lipinski definition) is 1. The van der Waals surface area contributed by atoms with E-state index in [4.69, 9.17) is 0 Å². The van der Waals surface area contributed by atoms with Crippen LogP contribution in [0.25, 0.3) is 0 Å². The summed E-state index contributed by atoms with van der Waals surface area (Å²) in [4.78, 5) is 14.7. The van der Waals surface area contributed by atoms with Crippen molar-refractivity contribution in [3.8, 4) is 0 Å². The molecule has 0 aliphatic carbocycles. The number of anilines is 1. The predicted molar refractivity (Wildman–Crippen MR) is 72.0 cm³/mol. The molecule has 0 radical (unpaired) electrons. The molecule has 18 heavy (non-hydrogen) atoms. The van der Waals surface area contributed by atoms with Crippen LogP contribution in [0.1, 0.15) is 16.3 Å². The fraction of sp³-hybridized carbons (Fsp3) is 0.250. The van der Waals surface area contributed by atoms with Crippen LogP contribution < -0.4 is 5.32 Å². The zero-order chi connectivity index (χ0) is 13.1. The lowest BCUT2D eigenvalue weighted by atomic mass is 10.2. The number of hydrogen-bond acceptors (Lipinski definition) is 5. The van der Waals surface area contributed by atoms with Gasteiger partial charge in [-0.15, -0.1) is 11.3 Å². The summed E-state index contributed by atoms with van der Waals surface area (Å²) in [6.45, 7) is 4.32. The van der Waals surface area contributed by atoms with Crippen LogP contribution in [0, 0.1) is 24.0 Å². The van der Waals surface area contributed by atoms with E-state index in [1.54, 1.807) is 30.4 Å². The summed E-state index contributed by atoms with van der Waals surface area (Å²) in [5.74, 6) is 0. The smallest absolute Gasteiger partial charge is 0.272 e. The van der Waals surface area contributed by atoms with Crippen LogP contribution in [0.5, 0.6) is 0 Å². The summed E-state index contributed by atoms with van der Waals surface area (Å²) in [7, 11) is 0. The molecule has 5 nitrogen and oxygen atoms in total. The molecule has 2 aromatic rings. The topological polar surface area (TPSA) is 68.1 Å². The Morgan fingerprint density at radius 3 is 2.78 bits per heavy atom. The highest BCUT2D eigenvalue weighted by Crippen LogP contribution is 2.22. The number of nitro groups is 1. The van der Waals surface area contributed by atoms with Gasteiger partial charge in [-0.05, 0) is 26.0 Å². The quantitative estimate of drug-likeness (QED) is 0.679. The first kappa shape index (κ1) is 12.5. The van der Waals surface area contributed by atoms with E-state index in [2.05, 4.69) is 10.3 Å². The first-order chi connectivity index (χ1) is 8.56. The summed E-state index contributed by atoms with van der Waals surface area (Å²) in [5.41, 5.74) is 2.64. The molecule has 0 aliphatic rings. The largest absolute Gasteiger partial charge is 0.379 e. The van der Waals surface area contributed by atoms with Gasteiger partial charge in [0, 0.05) is 22.7 Å². The molecule has 0 saturated heterocycles. The van der Waals surface area contributed by atoms with Gasteiger partial charge in [-0.1, -0.05) is 0 Å². The molecule has 1 aromatic carbocycles. The van der Waals surface area contributed by atoms with Crippen molar-refractivity contribution < 1.29 is 4.92 Å². The molecule has 0 fully saturated rings. The minimum absolute atomic E-state index is 0.144. The maximum Gasteiger partial charge on any atom is 0.272 e. The molecule has 1 heterocycles. The summed E-state index contributed by atoms with van der Waals surface area (Å²) in [5, 5.41) is 16.9. The van der Waals surface area contributed by atoms with Gasteiger partial charge < -0.3 is 5.32 Å². The van der Waals surface area contributed by atoms with Crippen LogP contribution in [0.4, 0.5) is 11.4 Å². The molecule has 0 bridgehead atoms. The first-order valence-electron chi connectivity index (χ1n) is 5.46. The fourth-order valence-corrected chi connectivity index (χ4v) is 2.26. The van der Waals surface area contributed by atoms with Crippen molar-refractivity contribution in [1.29, 1.82) is 0 Å². The van der Waals surface area contributed by atoms with Gasteiger partial charge >= 0.3 is 0 Å². The normalized spacial score (nSPS) is 10.3. The van der Waals surface area contributed by atoms with Crippen LogP contribution in [0.15, 0.2) is 23.6 Å². The van der Waals surface area contributed by atoms with Crippen molar-refractivity contribution in [2.24, 2.45) is 0 Å². The maximum atomic E-state index is 10.7. The number of nitro benzene ring substituents is 1. The van der Waals surface area contributed by atoms with Crippen molar-refractivity contribution in [2.75, 3.05) is 5.32 Å². The highest BCUT2D eigenvalue weighted by atomic mass is 32.1. The first-order valence-corrected chi connectivity index (χ1v) is 6.34. The van der Waals surface area contributed by atoms with Crippen LogP contribution in [0.3, 0.4) is 0 Å². The van der Waals surface area contributed by atoms with E-state index in [0.717, 1.165) is 16.4 Å². The molecule has 6 heteroatoms. The number of nitrogens with one attached hydrogen (secondary N) is 1. The Balaban J connectivity index is 2.06. The molecule has 0 saturated carbocycles. The molecule has 94 valence electrons. The monoisotopic (exact) mass is 263 g/mol. The SMILES string of the molecule is Cc1nc(CNc2ccc([N+](=O)[O-])c(C)c2)cs1. The van der Waals surface area contributed by atoms with E-state index < -0.39 is 0 Å². The van der Waals surface area contributed by atoms with Gasteiger partial charge in [0.2, 0.25) is 0 Å². The number of rotatable bonds is 4. The van der Waals surface area contributed by atoms with Crippen LogP contribution >= 0.6 is 11.3 Å². The molecule has 2 rings (SSSR count). The van der Waals surface area contributed by atoms with E-state index in [1.807, 2.05) is 12.3 Å². The average molecular weight is 263 g/mol. The lowest BCUT2D eigenvalue weighted by molar-refractivity contribution is -0.385. The average Bonchev–Trinajstić information content (AvgIpc) is 2.72. The van der Waals surface area contributed by atoms with E-state index in [9.17, 15) is 10.1 Å². The van der Waals surface area contributed by atoms with Crippen LogP contribution in [-0.4, -0.2) is 9.91 Å². The number of aromatic nitrogens is 1. The number of nitrogens with zero attached hydrogens (tertiary/aromatic N) is 2. The Kier molecular flexibility index (Phi) is 3.57. The van der Waals surface area contributed by atoms with Crippen molar-refractivity contribution in [3.05, 3.63) is 50.0 Å². The Labute approximate surface area is 109 Å². The summed E-state index contributed by atoms with van der Waals surface area (Å²) in [6.07, 6.45) is 0. The van der Waals surface area contributed by atoms with Gasteiger partial charge in [-0.25, -0.2) is 4.98 Å². The minimum Gasteiger partial charge on any atom is -0.379 e. The van der Waals surface area contributed by atoms with E-state index in [-0.39, 0.29) is 10.6 Å². The number of aryl methyl sites for hydroxylation is 2. The van der Waals surface area contributed by atoms with Gasteiger partial charge in [0.1, 0.15) is 0 Å². The number of thiazole rings is 1. The molecule has 0 amide bonds. The third-order valence-electron chi connectivity index (χ3n) is 2.53. The zero-order valence-electron chi connectivity index (χ0n) is 10.1. The molecular formula is C12H13N3O2S. The predicted octanol–water partition coefficient (Wildman–Crippen LogP) is 3.28. The Hall–Kier alpha value is -1.95. The molecule has 0 atom stereocenters. The minimum atomic E-state index is -0.372. The molecule has 1 aromatic heterocycles. The molecule has 1 N–H and O–H groups in total. The molecule has 0 spiro atoms. The van der Waals surface area contributed by atoms with Gasteiger partial charge in [-0.2, -0.15) is 0 Å². The fourth-order valence-electron chi connectivity index (χ4n) is 1.65. The van der Waals surface area contributed by atoms with E-state index >= 15 is 0 Å². The van der Waals surface area contributed by atoms with Crippen molar-refractivity contribution >= 4 is 22.7 Å². The second-order valence-electron chi connectivity index (χ2n) is 3.97. The third kappa shape index (κ3) is 2.84. The molecular weight excluding hydrogens is 250 g/mol. The molecule has 0 unspecified atom stereocenters. The summed E-state index contributed by atoms with van der Waals surface area (Å²) < 4.78 is 0. The second kappa shape index (κ2) is 5.14. The van der Waals surface area contributed by atoms with E-state index in [1.165, 1.54) is 6.07 Å². The van der Waals surface area contributed by atoms with Gasteiger partial charge in [0.25, 0.3) is 5.69 Å². The third-order valence-corrected chi connectivity index (χ3v) is 3.36. The van der Waals surface area contributed by atoms with Crippen molar-refractivity contribution in [3.63, 3.8) is 0 Å². The summed E-state index contributed by atoms with van der Waals surface area (Å²) >= 11 is 1.61. The second-order valence-corrected chi connectivity index (χ2v) is 5.03. The van der Waals surface area contributed by atoms with Gasteiger partial charge in [0.05, 0.1) is 22.2 Å². The van der Waals surface area contributed by atoms with Gasteiger partial charge in [0.15, 0.2) is 0 Å². The summed E-state index contributed by atoms with van der Waals surface area (Å²) in [6, 6.07) is 5.01. The Bertz CT molecular complexity index is 580. The Morgan fingerprint density at radius 2 is 2.22 bits per heavy atom. The maximum absolute atomic E-state index is 10.7. The highest BCUT2D eigenvalue weighted by molar-refractivity contribution is 7.09. The Morgan fingerprint density at radius 1 is 1.44 bits per heavy atom. The van der Waals surface area contributed by atoms with Crippen molar-refractivity contribution in [2.45, 2.75) is 20.4 Å². The number of benzene rings is 1. The van der Waals surface area contributed by atoms with Crippen molar-refractivity contribution in [1.82, 2.24) is 4.98 Å². The zero-order valence-corrected chi connectivity index (χ0v) is 11.0.